The van der Waals surface area contributed by atoms with Gasteiger partial charge in [0.1, 0.15) is 4.90 Å². The van der Waals surface area contributed by atoms with E-state index < -0.39 is 26.5 Å². The van der Waals surface area contributed by atoms with Crippen molar-refractivity contribution < 1.29 is 21.8 Å². The fourth-order valence-electron chi connectivity index (χ4n) is 9.55. The summed E-state index contributed by atoms with van der Waals surface area (Å²) in [6, 6.07) is 11.1. The standard InChI is InChI=1S/C47H72FN5O4S2/c1-5-6-7-8-9-10-11-12-13-14-15-16-33-57-45-20-18-41(35-43(45)48)59(55,56)46-36-49-44-19-17-40(58(4)54)34-42(44)47(46)53-27-23-38(24-28-53)51-25-21-39(22-26-51)52-31-29-50(30-32-52)37(2)3/h17-20,34-39H,5-16,21-33H2,1-4H3. The van der Waals surface area contributed by atoms with Crippen molar-refractivity contribution in [2.75, 3.05) is 70.1 Å². The number of piperidine rings is 2. The third kappa shape index (κ3) is 12.3. The average molecular weight is 854 g/mol. The molecule has 1 aromatic heterocycles. The quantitative estimate of drug-likeness (QED) is 0.0974. The van der Waals surface area contributed by atoms with Gasteiger partial charge in [-0.1, -0.05) is 77.6 Å². The summed E-state index contributed by atoms with van der Waals surface area (Å²) in [5.41, 5.74) is 1.20. The molecule has 0 saturated carbocycles. The molecule has 0 amide bonds. The second kappa shape index (κ2) is 22.5. The number of benzene rings is 2. The number of rotatable bonds is 21. The van der Waals surface area contributed by atoms with Gasteiger partial charge >= 0.3 is 0 Å². The Morgan fingerprint density at radius 1 is 0.763 bits per heavy atom. The Hall–Kier alpha value is -2.64. The van der Waals surface area contributed by atoms with Crippen molar-refractivity contribution >= 4 is 37.2 Å². The summed E-state index contributed by atoms with van der Waals surface area (Å²) in [4.78, 5) is 15.2. The largest absolute Gasteiger partial charge is 0.491 e. The third-order valence-electron chi connectivity index (χ3n) is 13.3. The lowest BCUT2D eigenvalue weighted by Crippen LogP contribution is -2.56. The van der Waals surface area contributed by atoms with E-state index >= 15 is 4.39 Å². The summed E-state index contributed by atoms with van der Waals surface area (Å²) in [6.07, 6.45) is 22.1. The molecule has 0 aliphatic carbocycles. The van der Waals surface area contributed by atoms with Gasteiger partial charge in [0.25, 0.3) is 0 Å². The van der Waals surface area contributed by atoms with E-state index in [0.29, 0.717) is 59.3 Å². The number of unbranched alkanes of at least 4 members (excludes halogenated alkanes) is 11. The predicted octanol–water partition coefficient (Wildman–Crippen LogP) is 9.48. The van der Waals surface area contributed by atoms with Gasteiger partial charge < -0.3 is 14.5 Å². The molecule has 3 fully saturated rings. The summed E-state index contributed by atoms with van der Waals surface area (Å²) in [5.74, 6) is -0.620. The molecule has 328 valence electrons. The van der Waals surface area contributed by atoms with Gasteiger partial charge in [0, 0.05) is 90.9 Å². The highest BCUT2D eigenvalue weighted by Crippen LogP contribution is 2.39. The van der Waals surface area contributed by atoms with Gasteiger partial charge in [-0.25, -0.2) is 12.8 Å². The van der Waals surface area contributed by atoms with Crippen molar-refractivity contribution in [3.63, 3.8) is 0 Å². The summed E-state index contributed by atoms with van der Waals surface area (Å²) in [6.45, 7) is 15.4. The molecule has 12 heteroatoms. The fraction of sp³-hybridized carbons (Fsp3) is 0.681. The minimum absolute atomic E-state index is 0.0467. The lowest BCUT2D eigenvalue weighted by molar-refractivity contribution is 0.0359. The van der Waals surface area contributed by atoms with Crippen LogP contribution in [0.2, 0.25) is 0 Å². The Labute approximate surface area is 357 Å². The van der Waals surface area contributed by atoms with Crippen LogP contribution in [0.1, 0.15) is 124 Å². The van der Waals surface area contributed by atoms with E-state index in [4.69, 9.17) is 4.74 Å². The van der Waals surface area contributed by atoms with Gasteiger partial charge in [0.05, 0.1) is 22.7 Å². The first-order valence-electron chi connectivity index (χ1n) is 23.0. The van der Waals surface area contributed by atoms with Crippen LogP contribution in [-0.4, -0.2) is 116 Å². The lowest BCUT2D eigenvalue weighted by atomic mass is 9.96. The van der Waals surface area contributed by atoms with Crippen LogP contribution >= 0.6 is 0 Å². The monoisotopic (exact) mass is 854 g/mol. The Morgan fingerprint density at radius 2 is 1.34 bits per heavy atom. The van der Waals surface area contributed by atoms with Crippen LogP contribution in [-0.2, 0) is 20.6 Å². The number of sulfone groups is 1. The minimum atomic E-state index is -4.18. The number of likely N-dealkylation sites (tertiary alicyclic amines) is 1. The molecule has 1 atom stereocenters. The minimum Gasteiger partial charge on any atom is -0.491 e. The lowest BCUT2D eigenvalue weighted by Gasteiger charge is -2.46. The van der Waals surface area contributed by atoms with E-state index in [9.17, 15) is 12.6 Å². The van der Waals surface area contributed by atoms with Crippen LogP contribution in [0.15, 0.2) is 57.3 Å². The maximum atomic E-state index is 15.5. The second-order valence-corrected chi connectivity index (χ2v) is 20.9. The van der Waals surface area contributed by atoms with Crippen molar-refractivity contribution in [1.82, 2.24) is 19.7 Å². The first-order chi connectivity index (χ1) is 28.6. The zero-order valence-electron chi connectivity index (χ0n) is 36.5. The molecule has 1 unspecified atom stereocenters. The number of fused-ring (bicyclic) bond motifs is 1. The molecular weight excluding hydrogens is 782 g/mol. The highest BCUT2D eigenvalue weighted by Gasteiger charge is 2.34. The van der Waals surface area contributed by atoms with E-state index in [1.807, 2.05) is 12.1 Å². The SMILES string of the molecule is CCCCCCCCCCCCCCOc1ccc(S(=O)(=O)c2cnc3ccc(S(C)=O)cc3c2N2CCC(N3CCC(N4CCN(C(C)C)CC4)CC3)CC2)cc1F. The highest BCUT2D eigenvalue weighted by atomic mass is 32.2. The van der Waals surface area contributed by atoms with Crippen LogP contribution in [0, 0.1) is 5.82 Å². The van der Waals surface area contributed by atoms with E-state index in [1.165, 1.54) is 89.0 Å². The van der Waals surface area contributed by atoms with Gasteiger partial charge in [-0.15, -0.1) is 0 Å². The maximum absolute atomic E-state index is 15.5. The van der Waals surface area contributed by atoms with Crippen LogP contribution in [0.25, 0.3) is 10.9 Å². The van der Waals surface area contributed by atoms with Crippen molar-refractivity contribution in [2.45, 2.75) is 156 Å². The fourth-order valence-corrected chi connectivity index (χ4v) is 11.5. The van der Waals surface area contributed by atoms with Crippen molar-refractivity contribution in [3.05, 3.63) is 48.4 Å². The second-order valence-electron chi connectivity index (χ2n) is 17.6. The zero-order chi connectivity index (χ0) is 41.8. The molecule has 3 saturated heterocycles. The molecule has 6 rings (SSSR count). The normalized spacial score (nSPS) is 18.9. The smallest absolute Gasteiger partial charge is 0.210 e. The number of anilines is 1. The molecule has 2 aromatic carbocycles. The van der Waals surface area contributed by atoms with Gasteiger partial charge in [-0.05, 0) is 95.4 Å². The van der Waals surface area contributed by atoms with Gasteiger partial charge in [-0.3, -0.25) is 19.0 Å². The van der Waals surface area contributed by atoms with E-state index in [2.05, 4.69) is 45.4 Å². The summed E-state index contributed by atoms with van der Waals surface area (Å²) in [7, 11) is -5.45. The highest BCUT2D eigenvalue weighted by molar-refractivity contribution is 7.91. The number of hydrogen-bond donors (Lipinski definition) is 0. The van der Waals surface area contributed by atoms with Crippen LogP contribution < -0.4 is 9.64 Å². The number of pyridine rings is 1. The van der Waals surface area contributed by atoms with E-state index in [-0.39, 0.29) is 15.5 Å². The van der Waals surface area contributed by atoms with Crippen molar-refractivity contribution in [3.8, 4) is 5.75 Å². The van der Waals surface area contributed by atoms with Crippen LogP contribution in [0.5, 0.6) is 5.75 Å². The summed E-state index contributed by atoms with van der Waals surface area (Å²) < 4.78 is 62.9. The average Bonchev–Trinajstić information content (AvgIpc) is 3.25. The van der Waals surface area contributed by atoms with E-state index in [1.54, 1.807) is 12.3 Å². The zero-order valence-corrected chi connectivity index (χ0v) is 38.1. The van der Waals surface area contributed by atoms with Gasteiger partial charge in [-0.2, -0.15) is 0 Å². The molecule has 3 aliphatic heterocycles. The summed E-state index contributed by atoms with van der Waals surface area (Å²) in [5, 5.41) is 0.651. The van der Waals surface area contributed by atoms with Crippen LogP contribution in [0.3, 0.4) is 0 Å². The number of nitrogens with zero attached hydrogens (tertiary/aromatic N) is 5. The Balaban J connectivity index is 1.07. The van der Waals surface area contributed by atoms with Crippen molar-refractivity contribution in [2.24, 2.45) is 0 Å². The molecule has 59 heavy (non-hydrogen) atoms. The predicted molar refractivity (Wildman–Crippen MR) is 241 cm³/mol. The third-order valence-corrected chi connectivity index (χ3v) is 15.9. The first kappa shape index (κ1) is 45.9. The number of aromatic nitrogens is 1. The molecule has 4 heterocycles. The molecule has 0 bridgehead atoms. The Kier molecular flexibility index (Phi) is 17.5. The molecular formula is C47H72FN5O4S2. The topological polar surface area (TPSA) is 86.3 Å². The number of halogens is 1. The van der Waals surface area contributed by atoms with Gasteiger partial charge in [0.2, 0.25) is 9.84 Å². The molecule has 9 nitrogen and oxygen atoms in total. The number of piperazine rings is 1. The maximum Gasteiger partial charge on any atom is 0.210 e. The van der Waals surface area contributed by atoms with Gasteiger partial charge in [0.15, 0.2) is 11.6 Å². The number of hydrogen-bond acceptors (Lipinski definition) is 9. The molecule has 0 radical (unpaired) electrons. The molecule has 3 aliphatic rings. The molecule has 3 aromatic rings. The van der Waals surface area contributed by atoms with Crippen molar-refractivity contribution in [1.29, 1.82) is 0 Å². The molecule has 0 N–H and O–H groups in total. The first-order valence-corrected chi connectivity index (χ1v) is 26.0. The Morgan fingerprint density at radius 3 is 1.92 bits per heavy atom. The number of ether oxygens (including phenoxy) is 1. The Bertz CT molecular complexity index is 1910. The van der Waals surface area contributed by atoms with Crippen LogP contribution in [0.4, 0.5) is 10.1 Å². The van der Waals surface area contributed by atoms with E-state index in [0.717, 1.165) is 77.4 Å². The summed E-state index contributed by atoms with van der Waals surface area (Å²) >= 11 is 0. The molecule has 0 spiro atoms.